The maximum Gasteiger partial charge on any atom is 0.229 e. The molecule has 3 nitrogen and oxygen atoms in total. The summed E-state index contributed by atoms with van der Waals surface area (Å²) in [6.45, 7) is 1.85. The Morgan fingerprint density at radius 3 is 2.68 bits per heavy atom. The van der Waals surface area contributed by atoms with Crippen LogP contribution in [0.25, 0.3) is 11.3 Å². The number of benzene rings is 1. The van der Waals surface area contributed by atoms with Gasteiger partial charge in [0, 0.05) is 16.4 Å². The molecule has 1 N–H and O–H groups in total. The molecule has 1 aliphatic carbocycles. The largest absolute Gasteiger partial charge is 0.302 e. The van der Waals surface area contributed by atoms with Crippen LogP contribution >= 0.6 is 11.3 Å². The Morgan fingerprint density at radius 1 is 1.27 bits per heavy atom. The number of anilines is 1. The van der Waals surface area contributed by atoms with E-state index in [1.807, 2.05) is 6.92 Å². The van der Waals surface area contributed by atoms with E-state index in [9.17, 15) is 13.6 Å². The second kappa shape index (κ2) is 6.12. The second-order valence-electron chi connectivity index (χ2n) is 5.52. The molecule has 3 rings (SSSR count). The number of carbonyl (C=O) groups is 1. The van der Waals surface area contributed by atoms with E-state index in [-0.39, 0.29) is 11.8 Å². The van der Waals surface area contributed by atoms with E-state index in [0.717, 1.165) is 42.7 Å². The molecule has 0 bridgehead atoms. The molecule has 0 spiro atoms. The smallest absolute Gasteiger partial charge is 0.229 e. The minimum Gasteiger partial charge on any atom is -0.302 e. The number of aryl methyl sites for hydroxylation is 1. The predicted octanol–water partition coefficient (Wildman–Crippen LogP) is 4.53. The lowest BCUT2D eigenvalue weighted by Gasteiger charge is -2.07. The first-order valence-corrected chi connectivity index (χ1v) is 8.10. The molecule has 22 heavy (non-hydrogen) atoms. The fourth-order valence-corrected chi connectivity index (χ4v) is 3.60. The molecule has 1 fully saturated rings. The van der Waals surface area contributed by atoms with Gasteiger partial charge in [-0.05, 0) is 38.0 Å². The van der Waals surface area contributed by atoms with Gasteiger partial charge in [-0.15, -0.1) is 11.3 Å². The van der Waals surface area contributed by atoms with Crippen LogP contribution in [0.15, 0.2) is 18.2 Å². The Hall–Kier alpha value is -1.82. The van der Waals surface area contributed by atoms with Gasteiger partial charge in [-0.3, -0.25) is 4.79 Å². The predicted molar refractivity (Wildman–Crippen MR) is 82.8 cm³/mol. The van der Waals surface area contributed by atoms with E-state index < -0.39 is 11.6 Å². The van der Waals surface area contributed by atoms with Crippen molar-refractivity contribution in [3.8, 4) is 11.3 Å². The van der Waals surface area contributed by atoms with Crippen molar-refractivity contribution in [2.45, 2.75) is 32.6 Å². The van der Waals surface area contributed by atoms with Gasteiger partial charge in [0.05, 0.1) is 5.69 Å². The number of nitrogens with zero attached hydrogens (tertiary/aromatic N) is 1. The third-order valence-electron chi connectivity index (χ3n) is 3.95. The molecule has 0 atom stereocenters. The zero-order valence-corrected chi connectivity index (χ0v) is 13.0. The van der Waals surface area contributed by atoms with Crippen LogP contribution in [0.2, 0.25) is 0 Å². The standard InChI is InChI=1S/C16H16F2N2OS/c1-9-14(11-6-7-12(17)13(18)8-11)19-16(22-9)20-15(21)10-4-2-3-5-10/h6-8,10H,2-5H2,1H3,(H,19,20,21). The number of hydrogen-bond acceptors (Lipinski definition) is 3. The molecule has 1 saturated carbocycles. The first-order valence-electron chi connectivity index (χ1n) is 7.28. The molecule has 0 saturated heterocycles. The number of thiazole rings is 1. The second-order valence-corrected chi connectivity index (χ2v) is 6.73. The van der Waals surface area contributed by atoms with Crippen LogP contribution in [0.3, 0.4) is 0 Å². The van der Waals surface area contributed by atoms with Crippen LogP contribution in [0.5, 0.6) is 0 Å². The highest BCUT2D eigenvalue weighted by molar-refractivity contribution is 7.16. The lowest BCUT2D eigenvalue weighted by molar-refractivity contribution is -0.119. The molecule has 0 radical (unpaired) electrons. The van der Waals surface area contributed by atoms with Crippen LogP contribution in [0.1, 0.15) is 30.6 Å². The van der Waals surface area contributed by atoms with Crippen LogP contribution in [-0.2, 0) is 4.79 Å². The van der Waals surface area contributed by atoms with E-state index in [2.05, 4.69) is 10.3 Å². The van der Waals surface area contributed by atoms with Crippen molar-refractivity contribution in [1.29, 1.82) is 0 Å². The molecular formula is C16H16F2N2OS. The van der Waals surface area contributed by atoms with Gasteiger partial charge in [0.1, 0.15) is 0 Å². The molecule has 116 valence electrons. The number of amides is 1. The van der Waals surface area contributed by atoms with Crippen LogP contribution in [0, 0.1) is 24.5 Å². The summed E-state index contributed by atoms with van der Waals surface area (Å²) < 4.78 is 26.4. The normalized spacial score (nSPS) is 15.2. The number of carbonyl (C=O) groups excluding carboxylic acids is 1. The average molecular weight is 322 g/mol. The zero-order chi connectivity index (χ0) is 15.7. The summed E-state index contributed by atoms with van der Waals surface area (Å²) in [4.78, 5) is 17.3. The molecule has 1 heterocycles. The van der Waals surface area contributed by atoms with Gasteiger partial charge in [-0.2, -0.15) is 0 Å². The SMILES string of the molecule is Cc1sc(NC(=O)C2CCCC2)nc1-c1ccc(F)c(F)c1. The number of halogens is 2. The molecule has 1 aromatic carbocycles. The number of nitrogens with one attached hydrogen (secondary N) is 1. The molecule has 6 heteroatoms. The van der Waals surface area contributed by atoms with Crippen molar-refractivity contribution in [2.75, 3.05) is 5.32 Å². The van der Waals surface area contributed by atoms with E-state index in [1.165, 1.54) is 17.4 Å². The lowest BCUT2D eigenvalue weighted by atomic mass is 10.1. The first kappa shape index (κ1) is 15.1. The fraction of sp³-hybridized carbons (Fsp3) is 0.375. The summed E-state index contributed by atoms with van der Waals surface area (Å²) in [6, 6.07) is 3.70. The third kappa shape index (κ3) is 3.02. The van der Waals surface area contributed by atoms with Gasteiger partial charge >= 0.3 is 0 Å². The Balaban J connectivity index is 1.81. The van der Waals surface area contributed by atoms with Gasteiger partial charge in [0.15, 0.2) is 16.8 Å². The molecule has 0 unspecified atom stereocenters. The van der Waals surface area contributed by atoms with E-state index in [1.54, 1.807) is 0 Å². The fourth-order valence-electron chi connectivity index (χ4n) is 2.76. The van der Waals surface area contributed by atoms with Crippen molar-refractivity contribution in [3.05, 3.63) is 34.7 Å². The number of aromatic nitrogens is 1. The van der Waals surface area contributed by atoms with Gasteiger partial charge < -0.3 is 5.32 Å². The quantitative estimate of drug-likeness (QED) is 0.902. The van der Waals surface area contributed by atoms with E-state index in [0.29, 0.717) is 16.4 Å². The highest BCUT2D eigenvalue weighted by atomic mass is 32.1. The highest BCUT2D eigenvalue weighted by Gasteiger charge is 2.23. The first-order chi connectivity index (χ1) is 10.5. The van der Waals surface area contributed by atoms with Crippen molar-refractivity contribution in [3.63, 3.8) is 0 Å². The minimum atomic E-state index is -0.901. The van der Waals surface area contributed by atoms with Crippen molar-refractivity contribution in [1.82, 2.24) is 4.98 Å². The summed E-state index contributed by atoms with van der Waals surface area (Å²) in [7, 11) is 0. The summed E-state index contributed by atoms with van der Waals surface area (Å²) in [5.74, 6) is -1.72. The van der Waals surface area contributed by atoms with Crippen molar-refractivity contribution < 1.29 is 13.6 Å². The Morgan fingerprint density at radius 2 is 2.00 bits per heavy atom. The Labute approximate surface area is 131 Å². The van der Waals surface area contributed by atoms with Crippen molar-refractivity contribution in [2.24, 2.45) is 5.92 Å². The average Bonchev–Trinajstić information content (AvgIpc) is 3.12. The monoisotopic (exact) mass is 322 g/mol. The topological polar surface area (TPSA) is 42.0 Å². The molecule has 1 aromatic heterocycles. The highest BCUT2D eigenvalue weighted by Crippen LogP contribution is 2.32. The summed E-state index contributed by atoms with van der Waals surface area (Å²) in [5, 5.41) is 3.35. The van der Waals surface area contributed by atoms with Gasteiger partial charge in [-0.1, -0.05) is 12.8 Å². The number of hydrogen-bond donors (Lipinski definition) is 1. The molecule has 0 aliphatic heterocycles. The third-order valence-corrected chi connectivity index (χ3v) is 4.83. The van der Waals surface area contributed by atoms with Crippen LogP contribution in [0.4, 0.5) is 13.9 Å². The molecule has 1 aliphatic rings. The lowest BCUT2D eigenvalue weighted by Crippen LogP contribution is -2.20. The summed E-state index contributed by atoms with van der Waals surface area (Å²) in [5.41, 5.74) is 1.08. The molecular weight excluding hydrogens is 306 g/mol. The van der Waals surface area contributed by atoms with E-state index >= 15 is 0 Å². The molecule has 2 aromatic rings. The van der Waals surface area contributed by atoms with Crippen LogP contribution < -0.4 is 5.32 Å². The summed E-state index contributed by atoms with van der Waals surface area (Å²) in [6.07, 6.45) is 4.03. The van der Waals surface area contributed by atoms with Gasteiger partial charge in [-0.25, -0.2) is 13.8 Å². The molecule has 1 amide bonds. The zero-order valence-electron chi connectivity index (χ0n) is 12.2. The Kier molecular flexibility index (Phi) is 4.20. The minimum absolute atomic E-state index is 0.00286. The van der Waals surface area contributed by atoms with Crippen molar-refractivity contribution >= 4 is 22.4 Å². The van der Waals surface area contributed by atoms with Gasteiger partial charge in [0.25, 0.3) is 0 Å². The maximum absolute atomic E-state index is 13.3. The number of rotatable bonds is 3. The van der Waals surface area contributed by atoms with E-state index in [4.69, 9.17) is 0 Å². The maximum atomic E-state index is 13.3. The van der Waals surface area contributed by atoms with Crippen LogP contribution in [-0.4, -0.2) is 10.9 Å². The summed E-state index contributed by atoms with van der Waals surface area (Å²) >= 11 is 1.35. The Bertz CT molecular complexity index is 708. The van der Waals surface area contributed by atoms with Gasteiger partial charge in [0.2, 0.25) is 5.91 Å².